The Bertz CT molecular complexity index is 455. The van der Waals surface area contributed by atoms with Crippen LogP contribution in [0.15, 0.2) is 0 Å². The number of hydrogen-bond donors (Lipinski definition) is 2. The molecule has 4 rings (SSSR count). The molecule has 0 aromatic carbocycles. The van der Waals surface area contributed by atoms with E-state index in [0.29, 0.717) is 29.2 Å². The number of nitriles is 1. The second-order valence-corrected chi connectivity index (χ2v) is 9.07. The summed E-state index contributed by atoms with van der Waals surface area (Å²) in [6, 6.07) is 2.97. The van der Waals surface area contributed by atoms with Gasteiger partial charge in [-0.2, -0.15) is 5.26 Å². The Labute approximate surface area is 136 Å². The van der Waals surface area contributed by atoms with Crippen LogP contribution in [0.1, 0.15) is 44.9 Å². The van der Waals surface area contributed by atoms with Gasteiger partial charge < -0.3 is 11.1 Å². The Kier molecular flexibility index (Phi) is 4.13. The number of fused-ring (bicyclic) bond motifs is 1. The second kappa shape index (κ2) is 5.96. The third kappa shape index (κ3) is 2.68. The number of thioether (sulfide) groups is 1. The molecule has 2 heterocycles. The molecule has 2 aliphatic carbocycles. The quantitative estimate of drug-likeness (QED) is 0.820. The first kappa shape index (κ1) is 15.2. The summed E-state index contributed by atoms with van der Waals surface area (Å²) < 4.78 is 13.5. The molecule has 3 N–H and O–H groups in total. The molecule has 0 spiro atoms. The zero-order valence-corrected chi connectivity index (χ0v) is 13.8. The fraction of sp³-hybridized carbons (Fsp3) is 0.941. The SMILES string of the molecule is N#CC1SC2NC(C3CC3)CC(C3CCC(F)CC3)C2C1N. The van der Waals surface area contributed by atoms with Gasteiger partial charge >= 0.3 is 0 Å². The minimum Gasteiger partial charge on any atom is -0.326 e. The largest absolute Gasteiger partial charge is 0.326 e. The molecule has 0 radical (unpaired) electrons. The molecule has 0 bridgehead atoms. The van der Waals surface area contributed by atoms with Crippen molar-refractivity contribution in [3.05, 3.63) is 0 Å². The van der Waals surface area contributed by atoms with Crippen molar-refractivity contribution >= 4 is 11.8 Å². The summed E-state index contributed by atoms with van der Waals surface area (Å²) in [4.78, 5) is 0. The van der Waals surface area contributed by atoms with Gasteiger partial charge in [-0.1, -0.05) is 0 Å². The van der Waals surface area contributed by atoms with E-state index >= 15 is 0 Å². The summed E-state index contributed by atoms with van der Waals surface area (Å²) in [5.41, 5.74) is 6.45. The van der Waals surface area contributed by atoms with E-state index in [9.17, 15) is 9.65 Å². The molecular formula is C17H26FN3S. The van der Waals surface area contributed by atoms with Gasteiger partial charge in [0.15, 0.2) is 0 Å². The third-order valence-electron chi connectivity index (χ3n) is 6.46. The van der Waals surface area contributed by atoms with Crippen LogP contribution in [-0.2, 0) is 0 Å². The van der Waals surface area contributed by atoms with Crippen LogP contribution < -0.4 is 11.1 Å². The van der Waals surface area contributed by atoms with Crippen molar-refractivity contribution in [1.29, 1.82) is 5.26 Å². The lowest BCUT2D eigenvalue weighted by Crippen LogP contribution is -2.55. The van der Waals surface area contributed by atoms with Crippen molar-refractivity contribution in [3.8, 4) is 6.07 Å². The Morgan fingerprint density at radius 3 is 2.41 bits per heavy atom. The van der Waals surface area contributed by atoms with Crippen molar-refractivity contribution in [2.24, 2.45) is 29.4 Å². The van der Waals surface area contributed by atoms with Crippen molar-refractivity contribution < 1.29 is 4.39 Å². The van der Waals surface area contributed by atoms with Crippen LogP contribution in [0.5, 0.6) is 0 Å². The van der Waals surface area contributed by atoms with E-state index < -0.39 is 6.17 Å². The molecule has 0 aromatic heterocycles. The number of nitrogens with zero attached hydrogens (tertiary/aromatic N) is 1. The molecule has 0 aromatic rings. The average Bonchev–Trinajstić information content (AvgIpc) is 3.32. The average molecular weight is 323 g/mol. The minimum atomic E-state index is -0.591. The van der Waals surface area contributed by atoms with E-state index in [2.05, 4.69) is 11.4 Å². The van der Waals surface area contributed by atoms with Gasteiger partial charge in [0.1, 0.15) is 11.4 Å². The lowest BCUT2D eigenvalue weighted by molar-refractivity contribution is 0.0737. The van der Waals surface area contributed by atoms with E-state index in [1.54, 1.807) is 11.8 Å². The summed E-state index contributed by atoms with van der Waals surface area (Å²) in [5.74, 6) is 2.43. The molecule has 22 heavy (non-hydrogen) atoms. The Morgan fingerprint density at radius 2 is 1.77 bits per heavy atom. The first-order valence-electron chi connectivity index (χ1n) is 8.88. The molecular weight excluding hydrogens is 297 g/mol. The maximum absolute atomic E-state index is 13.5. The molecule has 3 nitrogen and oxygen atoms in total. The lowest BCUT2D eigenvalue weighted by atomic mass is 9.67. The molecule has 0 amide bonds. The lowest BCUT2D eigenvalue weighted by Gasteiger charge is -2.45. The maximum Gasteiger partial charge on any atom is 0.109 e. The molecule has 6 unspecified atom stereocenters. The summed E-state index contributed by atoms with van der Waals surface area (Å²) in [6.45, 7) is 0. The highest BCUT2D eigenvalue weighted by Crippen LogP contribution is 2.52. The van der Waals surface area contributed by atoms with Gasteiger partial charge in [-0.25, -0.2) is 4.39 Å². The highest BCUT2D eigenvalue weighted by molar-refractivity contribution is 8.01. The highest BCUT2D eigenvalue weighted by Gasteiger charge is 2.53. The van der Waals surface area contributed by atoms with Crippen molar-refractivity contribution in [1.82, 2.24) is 5.32 Å². The van der Waals surface area contributed by atoms with Gasteiger partial charge in [-0.05, 0) is 62.7 Å². The van der Waals surface area contributed by atoms with Gasteiger partial charge in [0.25, 0.3) is 0 Å². The van der Waals surface area contributed by atoms with Gasteiger partial charge in [0.05, 0.1) is 11.4 Å². The predicted molar refractivity (Wildman–Crippen MR) is 86.9 cm³/mol. The summed E-state index contributed by atoms with van der Waals surface area (Å²) in [7, 11) is 0. The minimum absolute atomic E-state index is 0.0271. The van der Waals surface area contributed by atoms with Crippen LogP contribution in [0.4, 0.5) is 4.39 Å². The number of nitrogens with two attached hydrogens (primary N) is 1. The van der Waals surface area contributed by atoms with Crippen molar-refractivity contribution in [2.75, 3.05) is 0 Å². The van der Waals surface area contributed by atoms with Crippen LogP contribution in [0.25, 0.3) is 0 Å². The summed E-state index contributed by atoms with van der Waals surface area (Å²) >= 11 is 1.75. The molecule has 2 saturated carbocycles. The maximum atomic E-state index is 13.5. The molecule has 2 saturated heterocycles. The fourth-order valence-electron chi connectivity index (χ4n) is 5.09. The second-order valence-electron chi connectivity index (χ2n) is 7.78. The number of halogens is 1. The number of alkyl halides is 1. The number of nitrogens with one attached hydrogen (secondary N) is 1. The first-order chi connectivity index (χ1) is 10.7. The molecule has 4 aliphatic rings. The Hall–Kier alpha value is -0.310. The van der Waals surface area contributed by atoms with Crippen LogP contribution in [-0.4, -0.2) is 28.9 Å². The van der Waals surface area contributed by atoms with Crippen LogP contribution in [0, 0.1) is 35.0 Å². The topological polar surface area (TPSA) is 61.8 Å². The van der Waals surface area contributed by atoms with Crippen LogP contribution in [0.3, 0.4) is 0 Å². The normalized spacial score (nSPS) is 52.0. The van der Waals surface area contributed by atoms with Crippen molar-refractivity contribution in [3.63, 3.8) is 0 Å². The van der Waals surface area contributed by atoms with Gasteiger partial charge in [-0.3, -0.25) is 0 Å². The fourth-order valence-corrected chi connectivity index (χ4v) is 6.65. The molecule has 5 heteroatoms. The van der Waals surface area contributed by atoms with Gasteiger partial charge in [0.2, 0.25) is 0 Å². The standard InChI is InChI=1S/C17H26FN3S/c18-11-5-3-9(4-6-11)12-7-13(10-1-2-10)21-17-15(12)16(20)14(8-19)22-17/h9-17,21H,1-7,20H2. The zero-order chi connectivity index (χ0) is 15.3. The summed E-state index contributed by atoms with van der Waals surface area (Å²) in [5, 5.41) is 13.4. The number of rotatable bonds is 2. The molecule has 4 fully saturated rings. The summed E-state index contributed by atoms with van der Waals surface area (Å²) in [6.07, 6.45) is 6.77. The van der Waals surface area contributed by atoms with Gasteiger partial charge in [0, 0.05) is 18.0 Å². The third-order valence-corrected chi connectivity index (χ3v) is 7.92. The smallest absolute Gasteiger partial charge is 0.109 e. The Morgan fingerprint density at radius 1 is 1.09 bits per heavy atom. The molecule has 122 valence electrons. The molecule has 2 aliphatic heterocycles. The zero-order valence-electron chi connectivity index (χ0n) is 13.0. The van der Waals surface area contributed by atoms with Crippen molar-refractivity contribution in [2.45, 2.75) is 73.8 Å². The first-order valence-corrected chi connectivity index (χ1v) is 9.82. The number of piperidine rings is 1. The van der Waals surface area contributed by atoms with E-state index in [-0.39, 0.29) is 11.3 Å². The van der Waals surface area contributed by atoms with E-state index in [1.165, 1.54) is 19.3 Å². The van der Waals surface area contributed by atoms with Gasteiger partial charge in [-0.15, -0.1) is 11.8 Å². The van der Waals surface area contributed by atoms with E-state index in [1.807, 2.05) is 0 Å². The number of hydrogen-bond acceptors (Lipinski definition) is 4. The van der Waals surface area contributed by atoms with Crippen LogP contribution in [0.2, 0.25) is 0 Å². The van der Waals surface area contributed by atoms with Crippen LogP contribution >= 0.6 is 11.8 Å². The highest BCUT2D eigenvalue weighted by atomic mass is 32.2. The van der Waals surface area contributed by atoms with E-state index in [4.69, 9.17) is 5.73 Å². The van der Waals surface area contributed by atoms with E-state index in [0.717, 1.165) is 31.6 Å². The monoisotopic (exact) mass is 323 g/mol. The molecule has 6 atom stereocenters. The Balaban J connectivity index is 1.54. The predicted octanol–water partition coefficient (Wildman–Crippen LogP) is 2.81.